The van der Waals surface area contributed by atoms with Crippen LogP contribution in [0.2, 0.25) is 0 Å². The van der Waals surface area contributed by atoms with Crippen molar-refractivity contribution in [1.29, 1.82) is 0 Å². The minimum Gasteiger partial charge on any atom is -0.383 e. The largest absolute Gasteiger partial charge is 0.383 e. The monoisotopic (exact) mass is 208 g/mol. The summed E-state index contributed by atoms with van der Waals surface area (Å²) < 4.78 is 12.8. The maximum atomic E-state index is 12.8. The summed E-state index contributed by atoms with van der Waals surface area (Å²) in [6, 6.07) is 1.50. The molecule has 0 saturated heterocycles. The third-order valence-corrected chi connectivity index (χ3v) is 3.02. The van der Waals surface area contributed by atoms with Crippen molar-refractivity contribution >= 4 is 5.69 Å². The van der Waals surface area contributed by atoms with E-state index in [0.29, 0.717) is 0 Å². The van der Waals surface area contributed by atoms with E-state index in [4.69, 9.17) is 0 Å². The molecule has 15 heavy (non-hydrogen) atoms. The van der Waals surface area contributed by atoms with Crippen molar-refractivity contribution in [1.82, 2.24) is 4.98 Å². The van der Waals surface area contributed by atoms with Crippen LogP contribution < -0.4 is 5.32 Å². The Kier molecular flexibility index (Phi) is 3.54. The van der Waals surface area contributed by atoms with Crippen molar-refractivity contribution in [2.45, 2.75) is 32.1 Å². The van der Waals surface area contributed by atoms with E-state index in [1.807, 2.05) is 0 Å². The molecule has 0 aromatic carbocycles. The minimum atomic E-state index is -0.274. The van der Waals surface area contributed by atoms with Gasteiger partial charge >= 0.3 is 0 Å². The van der Waals surface area contributed by atoms with Crippen LogP contribution in [0.1, 0.15) is 32.1 Å². The van der Waals surface area contributed by atoms with Crippen molar-refractivity contribution in [2.24, 2.45) is 5.92 Å². The van der Waals surface area contributed by atoms with Gasteiger partial charge in [-0.25, -0.2) is 4.39 Å². The smallest absolute Gasteiger partial charge is 0.143 e. The molecule has 1 aliphatic carbocycles. The molecule has 0 spiro atoms. The fraction of sp³-hybridized carbons (Fsp3) is 0.583. The highest BCUT2D eigenvalue weighted by Crippen LogP contribution is 2.23. The normalized spacial score (nSPS) is 17.7. The number of rotatable bonds is 3. The van der Waals surface area contributed by atoms with E-state index in [2.05, 4.69) is 10.3 Å². The zero-order valence-corrected chi connectivity index (χ0v) is 8.88. The number of hydrogen-bond donors (Lipinski definition) is 1. The van der Waals surface area contributed by atoms with Gasteiger partial charge in [0.25, 0.3) is 0 Å². The average Bonchev–Trinajstić information content (AvgIpc) is 2.28. The van der Waals surface area contributed by atoms with Crippen LogP contribution in [-0.2, 0) is 0 Å². The first-order chi connectivity index (χ1) is 7.34. The first kappa shape index (κ1) is 10.4. The molecule has 0 unspecified atom stereocenters. The Morgan fingerprint density at radius 1 is 1.27 bits per heavy atom. The third-order valence-electron chi connectivity index (χ3n) is 3.02. The van der Waals surface area contributed by atoms with E-state index in [0.717, 1.165) is 18.2 Å². The zero-order valence-electron chi connectivity index (χ0n) is 8.88. The first-order valence-corrected chi connectivity index (χ1v) is 5.69. The lowest BCUT2D eigenvalue weighted by molar-refractivity contribution is 0.373. The predicted molar refractivity (Wildman–Crippen MR) is 59.3 cm³/mol. The standard InChI is InChI=1S/C12H17FN2/c13-11-6-12(9-14-8-11)15-7-10-4-2-1-3-5-10/h6,8-10,15H,1-5,7H2. The molecule has 0 radical (unpaired) electrons. The quantitative estimate of drug-likeness (QED) is 0.825. The fourth-order valence-corrected chi connectivity index (χ4v) is 2.16. The molecule has 0 atom stereocenters. The third kappa shape index (κ3) is 3.18. The van der Waals surface area contributed by atoms with Crippen LogP contribution in [0.5, 0.6) is 0 Å². The number of pyridine rings is 1. The average molecular weight is 208 g/mol. The lowest BCUT2D eigenvalue weighted by Gasteiger charge is -2.22. The summed E-state index contributed by atoms with van der Waals surface area (Å²) in [6.07, 6.45) is 9.56. The van der Waals surface area contributed by atoms with E-state index in [1.54, 1.807) is 6.20 Å². The van der Waals surface area contributed by atoms with Gasteiger partial charge in [0.15, 0.2) is 0 Å². The second-order valence-electron chi connectivity index (χ2n) is 4.28. The van der Waals surface area contributed by atoms with Crippen molar-refractivity contribution in [3.8, 4) is 0 Å². The lowest BCUT2D eigenvalue weighted by Crippen LogP contribution is -2.17. The number of nitrogens with zero attached hydrogens (tertiary/aromatic N) is 1. The summed E-state index contributed by atoms with van der Waals surface area (Å²) in [7, 11) is 0. The number of aromatic nitrogens is 1. The van der Waals surface area contributed by atoms with Gasteiger partial charge in [-0.05, 0) is 18.8 Å². The summed E-state index contributed by atoms with van der Waals surface area (Å²) in [4.78, 5) is 3.81. The van der Waals surface area contributed by atoms with Crippen LogP contribution in [-0.4, -0.2) is 11.5 Å². The molecule has 1 aromatic heterocycles. The van der Waals surface area contributed by atoms with Crippen molar-refractivity contribution < 1.29 is 4.39 Å². The van der Waals surface area contributed by atoms with Crippen LogP contribution in [0.4, 0.5) is 10.1 Å². The Morgan fingerprint density at radius 3 is 2.80 bits per heavy atom. The number of halogens is 1. The summed E-state index contributed by atoms with van der Waals surface area (Å²) in [5.74, 6) is 0.477. The molecule has 1 N–H and O–H groups in total. The van der Waals surface area contributed by atoms with E-state index < -0.39 is 0 Å². The molecule has 1 heterocycles. The van der Waals surface area contributed by atoms with Crippen molar-refractivity contribution in [2.75, 3.05) is 11.9 Å². The van der Waals surface area contributed by atoms with Gasteiger partial charge in [-0.2, -0.15) is 0 Å². The van der Waals surface area contributed by atoms with Gasteiger partial charge in [-0.15, -0.1) is 0 Å². The van der Waals surface area contributed by atoms with Gasteiger partial charge in [-0.3, -0.25) is 4.98 Å². The molecule has 0 amide bonds. The molecule has 3 heteroatoms. The summed E-state index contributed by atoms with van der Waals surface area (Å²) in [6.45, 7) is 0.950. The number of hydrogen-bond acceptors (Lipinski definition) is 2. The molecule has 1 fully saturated rings. The molecule has 2 nitrogen and oxygen atoms in total. The van der Waals surface area contributed by atoms with Gasteiger partial charge in [0.05, 0.1) is 18.1 Å². The van der Waals surface area contributed by atoms with Crippen LogP contribution >= 0.6 is 0 Å². The topological polar surface area (TPSA) is 24.9 Å². The van der Waals surface area contributed by atoms with Gasteiger partial charge < -0.3 is 5.32 Å². The second-order valence-corrected chi connectivity index (χ2v) is 4.28. The Labute approximate surface area is 89.9 Å². The summed E-state index contributed by atoms with van der Waals surface area (Å²) in [5, 5.41) is 3.25. The molecule has 82 valence electrons. The molecule has 1 aliphatic rings. The summed E-state index contributed by atoms with van der Waals surface area (Å²) >= 11 is 0. The van der Waals surface area contributed by atoms with Crippen LogP contribution in [0.15, 0.2) is 18.5 Å². The molecular formula is C12H17FN2. The van der Waals surface area contributed by atoms with E-state index in [-0.39, 0.29) is 5.82 Å². The zero-order chi connectivity index (χ0) is 10.5. The maximum Gasteiger partial charge on any atom is 0.143 e. The summed E-state index contributed by atoms with van der Waals surface area (Å²) in [5.41, 5.74) is 0.792. The SMILES string of the molecule is Fc1cncc(NCC2CCCCC2)c1. The first-order valence-electron chi connectivity index (χ1n) is 5.69. The Hall–Kier alpha value is -1.12. The Balaban J connectivity index is 1.81. The second kappa shape index (κ2) is 5.10. The van der Waals surface area contributed by atoms with Gasteiger partial charge in [-0.1, -0.05) is 19.3 Å². The molecule has 1 saturated carbocycles. The fourth-order valence-electron chi connectivity index (χ4n) is 2.16. The molecule has 0 aliphatic heterocycles. The predicted octanol–water partition coefficient (Wildman–Crippen LogP) is 3.21. The van der Waals surface area contributed by atoms with Crippen molar-refractivity contribution in [3.63, 3.8) is 0 Å². The van der Waals surface area contributed by atoms with Crippen LogP contribution in [0.3, 0.4) is 0 Å². The highest BCUT2D eigenvalue weighted by Gasteiger charge is 2.12. The van der Waals surface area contributed by atoms with Crippen molar-refractivity contribution in [3.05, 3.63) is 24.3 Å². The van der Waals surface area contributed by atoms with E-state index >= 15 is 0 Å². The van der Waals surface area contributed by atoms with Gasteiger partial charge in [0.1, 0.15) is 5.82 Å². The van der Waals surface area contributed by atoms with Gasteiger partial charge in [0.2, 0.25) is 0 Å². The molecule has 0 bridgehead atoms. The molecular weight excluding hydrogens is 191 g/mol. The number of nitrogens with one attached hydrogen (secondary N) is 1. The van der Waals surface area contributed by atoms with Crippen LogP contribution in [0.25, 0.3) is 0 Å². The number of anilines is 1. The Morgan fingerprint density at radius 2 is 2.07 bits per heavy atom. The Bertz CT molecular complexity index is 308. The lowest BCUT2D eigenvalue weighted by atomic mass is 9.89. The van der Waals surface area contributed by atoms with Crippen LogP contribution in [0, 0.1) is 11.7 Å². The van der Waals surface area contributed by atoms with E-state index in [1.165, 1.54) is 44.4 Å². The highest BCUT2D eigenvalue weighted by atomic mass is 19.1. The van der Waals surface area contributed by atoms with E-state index in [9.17, 15) is 4.39 Å². The highest BCUT2D eigenvalue weighted by molar-refractivity contribution is 5.40. The van der Waals surface area contributed by atoms with Gasteiger partial charge in [0, 0.05) is 12.6 Å². The maximum absolute atomic E-state index is 12.8. The minimum absolute atomic E-state index is 0.274. The molecule has 2 rings (SSSR count). The molecule has 1 aromatic rings.